The van der Waals surface area contributed by atoms with E-state index in [1.54, 1.807) is 0 Å². The zero-order valence-electron chi connectivity index (χ0n) is 34.4. The highest BCUT2D eigenvalue weighted by Crippen LogP contribution is 2.60. The molecular weight excluding hydrogens is 723 g/mol. The van der Waals surface area contributed by atoms with Crippen LogP contribution in [0, 0.1) is 0 Å². The van der Waals surface area contributed by atoms with Gasteiger partial charge in [-0.1, -0.05) is 209 Å². The molecule has 0 fully saturated rings. The minimum absolute atomic E-state index is 0.156. The molecule has 0 N–H and O–H groups in total. The summed E-state index contributed by atoms with van der Waals surface area (Å²) in [6, 6.07) is 72.0. The van der Waals surface area contributed by atoms with Crippen molar-refractivity contribution in [2.45, 2.75) is 31.6 Å². The fourth-order valence-corrected chi connectivity index (χ4v) is 10.2. The van der Waals surface area contributed by atoms with Crippen LogP contribution in [-0.4, -0.2) is 0 Å². The number of hydrogen-bond donors (Lipinski definition) is 0. The number of nitrogens with zero attached hydrogens (tertiary/aromatic N) is 1. The molecule has 0 atom stereocenters. The van der Waals surface area contributed by atoms with E-state index in [4.69, 9.17) is 0 Å². The van der Waals surface area contributed by atoms with E-state index in [2.05, 4.69) is 239 Å². The Kier molecular flexibility index (Phi) is 9.18. The Morgan fingerprint density at radius 3 is 1.80 bits per heavy atom. The van der Waals surface area contributed by atoms with E-state index < -0.39 is 5.41 Å². The summed E-state index contributed by atoms with van der Waals surface area (Å²) in [5.41, 5.74) is 20.3. The molecule has 8 aromatic carbocycles. The average molecular weight is 770 g/mol. The number of allylic oxidation sites excluding steroid dienone is 5. The maximum absolute atomic E-state index is 3.93. The Labute approximate surface area is 355 Å². The van der Waals surface area contributed by atoms with Gasteiger partial charge in [0, 0.05) is 22.4 Å². The molecule has 0 bridgehead atoms. The van der Waals surface area contributed by atoms with E-state index >= 15 is 0 Å². The zero-order chi connectivity index (χ0) is 40.8. The number of anilines is 3. The maximum Gasteiger partial charge on any atom is 0.0714 e. The number of benzene rings is 8. The van der Waals surface area contributed by atoms with Crippen LogP contribution in [0.2, 0.25) is 0 Å². The quantitative estimate of drug-likeness (QED) is 0.132. The third-order valence-corrected chi connectivity index (χ3v) is 12.9. The normalized spacial score (nSPS) is 14.3. The van der Waals surface area contributed by atoms with Crippen LogP contribution in [-0.2, 0) is 10.8 Å². The summed E-state index contributed by atoms with van der Waals surface area (Å²) in [6.07, 6.45) is 8.16. The predicted molar refractivity (Wildman–Crippen MR) is 254 cm³/mol. The van der Waals surface area contributed by atoms with E-state index in [1.807, 2.05) is 12.2 Å². The first-order chi connectivity index (χ1) is 29.5. The van der Waals surface area contributed by atoms with E-state index in [0.29, 0.717) is 0 Å². The summed E-state index contributed by atoms with van der Waals surface area (Å²) >= 11 is 0. The van der Waals surface area contributed by atoms with Gasteiger partial charge >= 0.3 is 0 Å². The fraction of sp³-hybridized carbons (Fsp3) is 0.0847. The standard InChI is InChI=1S/C59H47N/c1-5-7-22-41(6-2)47-29-14-15-30-48(47)42-23-20-28-45(39-42)60(46-37-38-50-49-31-16-18-33-52(49)58(3,4)55(50)40-46)56-36-21-35-54-57(56)51-32-17-19-34-53(51)59(54,43-24-10-8-11-25-43)44-26-12-9-13-27-44/h5-40H,1H2,2-4H3/b22-7-,41-6+. The van der Waals surface area contributed by atoms with Gasteiger partial charge in [0.2, 0.25) is 0 Å². The van der Waals surface area contributed by atoms with Gasteiger partial charge in [0.1, 0.15) is 0 Å². The second-order valence-electron chi connectivity index (χ2n) is 16.4. The van der Waals surface area contributed by atoms with Gasteiger partial charge in [-0.2, -0.15) is 0 Å². The Balaban J connectivity index is 1.26. The Morgan fingerprint density at radius 1 is 0.500 bits per heavy atom. The van der Waals surface area contributed by atoms with Gasteiger partial charge in [-0.15, -0.1) is 0 Å². The van der Waals surface area contributed by atoms with Crippen molar-refractivity contribution < 1.29 is 0 Å². The van der Waals surface area contributed by atoms with E-state index in [0.717, 1.165) is 28.2 Å². The summed E-state index contributed by atoms with van der Waals surface area (Å²) in [4.78, 5) is 2.52. The zero-order valence-corrected chi connectivity index (χ0v) is 34.4. The molecule has 0 saturated heterocycles. The smallest absolute Gasteiger partial charge is 0.0714 e. The fourth-order valence-electron chi connectivity index (χ4n) is 10.2. The molecule has 288 valence electrons. The van der Waals surface area contributed by atoms with Crippen LogP contribution >= 0.6 is 0 Å². The first-order valence-corrected chi connectivity index (χ1v) is 21.0. The van der Waals surface area contributed by atoms with Crippen molar-refractivity contribution >= 4 is 22.6 Å². The van der Waals surface area contributed by atoms with Crippen molar-refractivity contribution in [1.82, 2.24) is 0 Å². The van der Waals surface area contributed by atoms with Crippen molar-refractivity contribution in [3.8, 4) is 33.4 Å². The molecule has 0 spiro atoms. The number of fused-ring (bicyclic) bond motifs is 6. The van der Waals surface area contributed by atoms with Crippen molar-refractivity contribution in [1.29, 1.82) is 0 Å². The maximum atomic E-state index is 3.93. The second-order valence-corrected chi connectivity index (χ2v) is 16.4. The minimum atomic E-state index is -0.514. The number of rotatable bonds is 9. The summed E-state index contributed by atoms with van der Waals surface area (Å²) in [6.45, 7) is 10.8. The molecular formula is C59H47N. The van der Waals surface area contributed by atoms with Crippen molar-refractivity contribution in [2.24, 2.45) is 0 Å². The molecule has 10 rings (SSSR count). The summed E-state index contributed by atoms with van der Waals surface area (Å²) in [5.74, 6) is 0. The topological polar surface area (TPSA) is 3.24 Å². The monoisotopic (exact) mass is 769 g/mol. The van der Waals surface area contributed by atoms with Gasteiger partial charge in [-0.25, -0.2) is 0 Å². The lowest BCUT2D eigenvalue weighted by Gasteiger charge is -2.34. The van der Waals surface area contributed by atoms with Crippen LogP contribution in [0.15, 0.2) is 225 Å². The molecule has 2 aliphatic rings. The molecule has 8 aromatic rings. The molecule has 0 aliphatic heterocycles. The third kappa shape index (κ3) is 5.68. The van der Waals surface area contributed by atoms with E-state index in [-0.39, 0.29) is 5.41 Å². The van der Waals surface area contributed by atoms with Crippen molar-refractivity contribution in [3.63, 3.8) is 0 Å². The first kappa shape index (κ1) is 37.1. The highest BCUT2D eigenvalue weighted by Gasteiger charge is 2.47. The van der Waals surface area contributed by atoms with Crippen LogP contribution in [0.4, 0.5) is 17.1 Å². The molecule has 0 heterocycles. The average Bonchev–Trinajstić information content (AvgIpc) is 3.74. The largest absolute Gasteiger partial charge is 0.310 e. The molecule has 0 amide bonds. The van der Waals surface area contributed by atoms with Crippen LogP contribution in [0.5, 0.6) is 0 Å². The van der Waals surface area contributed by atoms with Crippen LogP contribution in [0.25, 0.3) is 39.0 Å². The summed E-state index contributed by atoms with van der Waals surface area (Å²) in [7, 11) is 0. The molecule has 1 nitrogen and oxygen atoms in total. The van der Waals surface area contributed by atoms with E-state index in [9.17, 15) is 0 Å². The van der Waals surface area contributed by atoms with Gasteiger partial charge < -0.3 is 4.90 Å². The lowest BCUT2D eigenvalue weighted by atomic mass is 9.68. The summed E-state index contributed by atoms with van der Waals surface area (Å²) < 4.78 is 0. The Bertz CT molecular complexity index is 2940. The van der Waals surface area contributed by atoms with E-state index in [1.165, 1.54) is 66.8 Å². The van der Waals surface area contributed by atoms with Gasteiger partial charge in [-0.05, 0) is 110 Å². The predicted octanol–water partition coefficient (Wildman–Crippen LogP) is 15.6. The highest BCUT2D eigenvalue weighted by atomic mass is 15.1. The minimum Gasteiger partial charge on any atom is -0.310 e. The first-order valence-electron chi connectivity index (χ1n) is 21.0. The van der Waals surface area contributed by atoms with Crippen LogP contribution in [0.1, 0.15) is 59.7 Å². The van der Waals surface area contributed by atoms with Crippen LogP contribution < -0.4 is 4.90 Å². The summed E-state index contributed by atoms with van der Waals surface area (Å²) in [5, 5.41) is 0. The lowest BCUT2D eigenvalue weighted by Crippen LogP contribution is -2.28. The molecule has 1 heteroatoms. The van der Waals surface area contributed by atoms with Crippen molar-refractivity contribution in [2.75, 3.05) is 4.90 Å². The van der Waals surface area contributed by atoms with Gasteiger partial charge in [0.25, 0.3) is 0 Å². The molecule has 2 aliphatic carbocycles. The SMILES string of the molecule is C=C/C=C\C(=C/C)c1ccccc1-c1cccc(N(c2ccc3c(c2)C(C)(C)c2ccccc2-3)c2cccc3c2-c2ccccc2C3(c2ccccc2)c2ccccc2)c1. The highest BCUT2D eigenvalue weighted by molar-refractivity contribution is 5.98. The molecule has 60 heavy (non-hydrogen) atoms. The van der Waals surface area contributed by atoms with Gasteiger partial charge in [-0.3, -0.25) is 0 Å². The van der Waals surface area contributed by atoms with Crippen LogP contribution in [0.3, 0.4) is 0 Å². The Hall–Kier alpha value is -7.22. The number of hydrogen-bond acceptors (Lipinski definition) is 1. The third-order valence-electron chi connectivity index (χ3n) is 12.9. The Morgan fingerprint density at radius 2 is 1.08 bits per heavy atom. The van der Waals surface area contributed by atoms with Gasteiger partial charge in [0.05, 0.1) is 11.1 Å². The van der Waals surface area contributed by atoms with Crippen molar-refractivity contribution in [3.05, 3.63) is 264 Å². The van der Waals surface area contributed by atoms with Gasteiger partial charge in [0.15, 0.2) is 0 Å². The molecule has 0 aromatic heterocycles. The second kappa shape index (κ2) is 14.9. The lowest BCUT2D eigenvalue weighted by molar-refractivity contribution is 0.660. The molecule has 0 radical (unpaired) electrons. The molecule has 0 unspecified atom stereocenters. The molecule has 0 saturated carbocycles.